The van der Waals surface area contributed by atoms with Crippen LogP contribution in [0.25, 0.3) is 0 Å². The van der Waals surface area contributed by atoms with Crippen molar-refractivity contribution in [2.24, 2.45) is 5.16 Å². The van der Waals surface area contributed by atoms with Crippen molar-refractivity contribution in [3.8, 4) is 0 Å². The van der Waals surface area contributed by atoms with Crippen LogP contribution in [-0.2, 0) is 4.74 Å². The standard InChI is InChI=1S/C11H10BrF2NO2/c1-2-3-17-6-11(15-16)7-4-8(12)10(14)5-9(7)13/h2,4-5,16H,1,3,6H2. The SMILES string of the molecule is C=CCOCC(=NO)c1cc(Br)c(F)cc1F. The van der Waals surface area contributed by atoms with Crippen molar-refractivity contribution < 1.29 is 18.7 Å². The number of nitrogens with zero attached hydrogens (tertiary/aromatic N) is 1. The van der Waals surface area contributed by atoms with Crippen LogP contribution in [0.1, 0.15) is 5.56 Å². The summed E-state index contributed by atoms with van der Waals surface area (Å²) in [7, 11) is 0. The molecule has 0 aromatic heterocycles. The van der Waals surface area contributed by atoms with E-state index >= 15 is 0 Å². The van der Waals surface area contributed by atoms with E-state index in [2.05, 4.69) is 27.7 Å². The van der Waals surface area contributed by atoms with Crippen molar-refractivity contribution in [3.63, 3.8) is 0 Å². The number of benzene rings is 1. The third-order valence-corrected chi connectivity index (χ3v) is 2.52. The van der Waals surface area contributed by atoms with Gasteiger partial charge in [-0.3, -0.25) is 0 Å². The minimum Gasteiger partial charge on any atom is -0.411 e. The average Bonchev–Trinajstić information content (AvgIpc) is 2.30. The molecule has 0 saturated heterocycles. The number of hydrogen-bond acceptors (Lipinski definition) is 3. The smallest absolute Gasteiger partial charge is 0.140 e. The van der Waals surface area contributed by atoms with Crippen LogP contribution in [-0.4, -0.2) is 24.1 Å². The Morgan fingerprint density at radius 3 is 2.76 bits per heavy atom. The summed E-state index contributed by atoms with van der Waals surface area (Å²) in [6.45, 7) is 3.58. The second-order valence-electron chi connectivity index (χ2n) is 3.10. The van der Waals surface area contributed by atoms with Crippen LogP contribution in [0.4, 0.5) is 8.78 Å². The molecule has 1 N–H and O–H groups in total. The van der Waals surface area contributed by atoms with Crippen LogP contribution in [0.5, 0.6) is 0 Å². The number of oxime groups is 1. The number of ether oxygens (including phenoxy) is 1. The molecule has 1 aromatic rings. The van der Waals surface area contributed by atoms with Crippen LogP contribution < -0.4 is 0 Å². The fourth-order valence-electron chi connectivity index (χ4n) is 1.14. The molecule has 1 rings (SSSR count). The largest absolute Gasteiger partial charge is 0.411 e. The topological polar surface area (TPSA) is 41.8 Å². The molecule has 6 heteroatoms. The first-order chi connectivity index (χ1) is 8.10. The Kier molecular flexibility index (Phi) is 5.24. The lowest BCUT2D eigenvalue weighted by molar-refractivity contribution is 0.200. The van der Waals surface area contributed by atoms with E-state index in [9.17, 15) is 8.78 Å². The summed E-state index contributed by atoms with van der Waals surface area (Å²) < 4.78 is 31.6. The first kappa shape index (κ1) is 13.8. The Morgan fingerprint density at radius 2 is 2.18 bits per heavy atom. The summed E-state index contributed by atoms with van der Waals surface area (Å²) in [5, 5.41) is 11.7. The van der Waals surface area contributed by atoms with Crippen molar-refractivity contribution in [3.05, 3.63) is 46.5 Å². The van der Waals surface area contributed by atoms with E-state index in [1.807, 2.05) is 0 Å². The maximum Gasteiger partial charge on any atom is 0.140 e. The van der Waals surface area contributed by atoms with E-state index in [1.54, 1.807) is 0 Å². The average molecular weight is 306 g/mol. The fraction of sp³-hybridized carbons (Fsp3) is 0.182. The molecule has 0 bridgehead atoms. The first-order valence-electron chi connectivity index (χ1n) is 4.64. The summed E-state index contributed by atoms with van der Waals surface area (Å²) in [6.07, 6.45) is 1.51. The monoisotopic (exact) mass is 305 g/mol. The van der Waals surface area contributed by atoms with Gasteiger partial charge in [0.25, 0.3) is 0 Å². The van der Waals surface area contributed by atoms with Gasteiger partial charge in [-0.25, -0.2) is 8.78 Å². The summed E-state index contributed by atoms with van der Waals surface area (Å²) in [4.78, 5) is 0. The van der Waals surface area contributed by atoms with Crippen molar-refractivity contribution >= 4 is 21.6 Å². The lowest BCUT2D eigenvalue weighted by Gasteiger charge is -2.07. The van der Waals surface area contributed by atoms with Crippen LogP contribution in [0.2, 0.25) is 0 Å². The van der Waals surface area contributed by atoms with Gasteiger partial charge >= 0.3 is 0 Å². The van der Waals surface area contributed by atoms with Gasteiger partial charge in [0, 0.05) is 11.6 Å². The molecule has 92 valence electrons. The number of halogens is 3. The molecule has 0 spiro atoms. The van der Waals surface area contributed by atoms with Crippen molar-refractivity contribution in [1.82, 2.24) is 0 Å². The van der Waals surface area contributed by atoms with Gasteiger partial charge in [-0.2, -0.15) is 0 Å². The number of rotatable bonds is 5. The highest BCUT2D eigenvalue weighted by molar-refractivity contribution is 9.10. The van der Waals surface area contributed by atoms with Gasteiger partial charge in [0.1, 0.15) is 17.3 Å². The van der Waals surface area contributed by atoms with Gasteiger partial charge in [0.05, 0.1) is 17.7 Å². The zero-order valence-electron chi connectivity index (χ0n) is 8.79. The molecule has 1 aromatic carbocycles. The van der Waals surface area contributed by atoms with Gasteiger partial charge < -0.3 is 9.94 Å². The normalized spacial score (nSPS) is 11.6. The molecular formula is C11H10BrF2NO2. The molecule has 17 heavy (non-hydrogen) atoms. The third-order valence-electron chi connectivity index (χ3n) is 1.92. The van der Waals surface area contributed by atoms with E-state index in [1.165, 1.54) is 12.1 Å². The Morgan fingerprint density at radius 1 is 1.47 bits per heavy atom. The predicted octanol–water partition coefficient (Wildman–Crippen LogP) is 3.11. The van der Waals surface area contributed by atoms with E-state index in [-0.39, 0.29) is 29.0 Å². The van der Waals surface area contributed by atoms with E-state index in [0.29, 0.717) is 6.07 Å². The zero-order chi connectivity index (χ0) is 12.8. The maximum absolute atomic E-state index is 13.4. The molecule has 0 amide bonds. The van der Waals surface area contributed by atoms with E-state index < -0.39 is 11.6 Å². The lowest BCUT2D eigenvalue weighted by Crippen LogP contribution is -2.13. The Bertz CT molecular complexity index is 449. The Hall–Kier alpha value is -1.27. The van der Waals surface area contributed by atoms with E-state index in [4.69, 9.17) is 9.94 Å². The summed E-state index contributed by atoms with van der Waals surface area (Å²) in [5.74, 6) is -1.55. The Labute approximate surface area is 106 Å². The first-order valence-corrected chi connectivity index (χ1v) is 5.44. The maximum atomic E-state index is 13.4. The van der Waals surface area contributed by atoms with Crippen LogP contribution in [0.3, 0.4) is 0 Å². The highest BCUT2D eigenvalue weighted by Gasteiger charge is 2.14. The summed E-state index contributed by atoms with van der Waals surface area (Å²) >= 11 is 2.92. The minimum absolute atomic E-state index is 0.0231. The molecule has 3 nitrogen and oxygen atoms in total. The number of hydrogen-bond donors (Lipinski definition) is 1. The van der Waals surface area contributed by atoms with Gasteiger partial charge in [0.2, 0.25) is 0 Å². The molecular weight excluding hydrogens is 296 g/mol. The van der Waals surface area contributed by atoms with Crippen molar-refractivity contribution in [2.75, 3.05) is 13.2 Å². The highest BCUT2D eigenvalue weighted by atomic mass is 79.9. The van der Waals surface area contributed by atoms with Crippen LogP contribution in [0, 0.1) is 11.6 Å². The molecule has 0 atom stereocenters. The van der Waals surface area contributed by atoms with Crippen molar-refractivity contribution in [2.45, 2.75) is 0 Å². The summed E-state index contributed by atoms with van der Waals surface area (Å²) in [6, 6.07) is 1.90. The van der Waals surface area contributed by atoms with Gasteiger partial charge in [-0.15, -0.1) is 6.58 Å². The molecule has 0 heterocycles. The van der Waals surface area contributed by atoms with Gasteiger partial charge in [-0.1, -0.05) is 11.2 Å². The third kappa shape index (κ3) is 3.61. The molecule has 0 aliphatic rings. The second-order valence-corrected chi connectivity index (χ2v) is 3.95. The van der Waals surface area contributed by atoms with Crippen molar-refractivity contribution in [1.29, 1.82) is 0 Å². The summed E-state index contributed by atoms with van der Waals surface area (Å²) in [5.41, 5.74) is -0.0464. The zero-order valence-corrected chi connectivity index (χ0v) is 10.4. The van der Waals surface area contributed by atoms with Crippen LogP contribution >= 0.6 is 15.9 Å². The Balaban J connectivity index is 2.96. The van der Waals surface area contributed by atoms with Gasteiger partial charge in [0.15, 0.2) is 0 Å². The van der Waals surface area contributed by atoms with E-state index in [0.717, 1.165) is 0 Å². The van der Waals surface area contributed by atoms with Crippen LogP contribution in [0.15, 0.2) is 34.4 Å². The highest BCUT2D eigenvalue weighted by Crippen LogP contribution is 2.20. The molecule has 0 unspecified atom stereocenters. The molecule has 0 fully saturated rings. The molecule has 0 saturated carbocycles. The predicted molar refractivity (Wildman–Crippen MR) is 63.4 cm³/mol. The minimum atomic E-state index is -0.819. The molecule has 0 aliphatic carbocycles. The second kappa shape index (κ2) is 6.46. The fourth-order valence-corrected chi connectivity index (χ4v) is 1.49. The van der Waals surface area contributed by atoms with Gasteiger partial charge in [-0.05, 0) is 22.0 Å². The lowest BCUT2D eigenvalue weighted by atomic mass is 10.1. The quantitative estimate of drug-likeness (QED) is 0.227. The molecule has 0 radical (unpaired) electrons. The molecule has 0 aliphatic heterocycles.